The van der Waals surface area contributed by atoms with Gasteiger partial charge in [-0.1, -0.05) is 0 Å². The van der Waals surface area contributed by atoms with E-state index in [-0.39, 0.29) is 10.8 Å². The van der Waals surface area contributed by atoms with E-state index in [0.29, 0.717) is 11.3 Å². The van der Waals surface area contributed by atoms with E-state index in [0.717, 1.165) is 41.4 Å². The zero-order valence-electron chi connectivity index (χ0n) is 15.1. The molecule has 1 saturated carbocycles. The molecule has 1 atom stereocenters. The predicted molar refractivity (Wildman–Crippen MR) is 92.9 cm³/mol. The van der Waals surface area contributed by atoms with Crippen molar-refractivity contribution in [3.63, 3.8) is 0 Å². The molecule has 1 aliphatic heterocycles. The Balaban J connectivity index is 1.84. The van der Waals surface area contributed by atoms with Gasteiger partial charge in [0.05, 0.1) is 28.2 Å². The number of halogens is 3. The maximum atomic E-state index is 13.4. The lowest BCUT2D eigenvalue weighted by molar-refractivity contribution is -0.137. The lowest BCUT2D eigenvalue weighted by atomic mass is 9.85. The van der Waals surface area contributed by atoms with E-state index in [1.54, 1.807) is 0 Å². The number of carbonyl (C=O) groups excluding carboxylic acids is 1. The third-order valence-corrected chi connectivity index (χ3v) is 7.45. The van der Waals surface area contributed by atoms with Crippen LogP contribution in [0.1, 0.15) is 54.3 Å². The Morgan fingerprint density at radius 3 is 2.32 bits per heavy atom. The molecule has 1 aliphatic carbocycles. The molecule has 6 nitrogen and oxygen atoms in total. The molecule has 0 saturated heterocycles. The number of Topliss-reactive ketones (excluding diaryl/α,β-unsaturated/α-hetero) is 1. The summed E-state index contributed by atoms with van der Waals surface area (Å²) >= 11 is 0. The molecular weight excluding hydrogens is 395 g/mol. The van der Waals surface area contributed by atoms with E-state index in [9.17, 15) is 26.4 Å². The number of sulfonamides is 1. The Morgan fingerprint density at radius 1 is 1.18 bits per heavy atom. The van der Waals surface area contributed by atoms with Crippen LogP contribution in [0.25, 0.3) is 0 Å². The fourth-order valence-corrected chi connectivity index (χ4v) is 5.79. The maximum absolute atomic E-state index is 13.4. The monoisotopic (exact) mass is 413 g/mol. The van der Waals surface area contributed by atoms with Crippen LogP contribution < -0.4 is 0 Å². The highest BCUT2D eigenvalue weighted by atomic mass is 32.2. The Bertz CT molecular complexity index is 1040. The SMILES string of the molecule is CC1(C)C(=O)c2[nH]ncc2C(C2CC2)N1S(=O)(=O)c1ccc(C(F)(F)F)cc1. The van der Waals surface area contributed by atoms with Crippen LogP contribution in [0.15, 0.2) is 35.4 Å². The number of ketones is 1. The molecule has 2 aliphatic rings. The summed E-state index contributed by atoms with van der Waals surface area (Å²) in [5, 5.41) is 6.58. The van der Waals surface area contributed by atoms with Crippen molar-refractivity contribution < 1.29 is 26.4 Å². The summed E-state index contributed by atoms with van der Waals surface area (Å²) in [5.41, 5.74) is -1.53. The number of hydrogen-bond acceptors (Lipinski definition) is 4. The average Bonchev–Trinajstić information content (AvgIpc) is 3.33. The molecule has 4 rings (SSSR count). The Labute approximate surface area is 159 Å². The number of fused-ring (bicyclic) bond motifs is 1. The van der Waals surface area contributed by atoms with Gasteiger partial charge in [-0.2, -0.15) is 22.6 Å². The standard InChI is InChI=1S/C18H18F3N3O3S/c1-17(2)16(25)14-13(9-22-23-14)15(10-3-4-10)24(17)28(26,27)12-7-5-11(6-8-12)18(19,20)21/h5-10,15H,3-4H2,1-2H3,(H,22,23). The molecule has 1 aromatic carbocycles. The average molecular weight is 413 g/mol. The number of carbonyl (C=O) groups is 1. The van der Waals surface area contributed by atoms with E-state index >= 15 is 0 Å². The van der Waals surface area contributed by atoms with Crippen LogP contribution in [0, 0.1) is 5.92 Å². The van der Waals surface area contributed by atoms with E-state index in [1.807, 2.05) is 0 Å². The van der Waals surface area contributed by atoms with Crippen LogP contribution in [-0.4, -0.2) is 34.2 Å². The summed E-state index contributed by atoms with van der Waals surface area (Å²) in [4.78, 5) is 12.7. The maximum Gasteiger partial charge on any atom is 0.416 e. The Kier molecular flexibility index (Phi) is 4.03. The molecule has 0 radical (unpaired) electrons. The van der Waals surface area contributed by atoms with E-state index in [2.05, 4.69) is 10.2 Å². The van der Waals surface area contributed by atoms with Gasteiger partial charge < -0.3 is 0 Å². The number of rotatable bonds is 3. The zero-order valence-corrected chi connectivity index (χ0v) is 15.9. The molecule has 2 aromatic rings. The van der Waals surface area contributed by atoms with Gasteiger partial charge in [-0.05, 0) is 56.9 Å². The van der Waals surface area contributed by atoms with Crippen LogP contribution in [0.3, 0.4) is 0 Å². The van der Waals surface area contributed by atoms with Gasteiger partial charge in [-0.15, -0.1) is 0 Å². The number of aromatic amines is 1. The summed E-state index contributed by atoms with van der Waals surface area (Å²) < 4.78 is 66.6. The van der Waals surface area contributed by atoms with Gasteiger partial charge in [0.2, 0.25) is 15.8 Å². The van der Waals surface area contributed by atoms with Crippen molar-refractivity contribution in [1.29, 1.82) is 0 Å². The van der Waals surface area contributed by atoms with Crippen LogP contribution in [0.2, 0.25) is 0 Å². The topological polar surface area (TPSA) is 83.1 Å². The molecular formula is C18H18F3N3O3S. The van der Waals surface area contributed by atoms with Gasteiger partial charge in [0.1, 0.15) is 5.69 Å². The summed E-state index contributed by atoms with van der Waals surface area (Å²) in [6, 6.07) is 2.76. The molecule has 1 unspecified atom stereocenters. The van der Waals surface area contributed by atoms with Crippen molar-refractivity contribution in [2.24, 2.45) is 5.92 Å². The highest BCUT2D eigenvalue weighted by molar-refractivity contribution is 7.89. The highest BCUT2D eigenvalue weighted by Crippen LogP contribution is 2.52. The molecule has 0 spiro atoms. The second kappa shape index (κ2) is 5.90. The van der Waals surface area contributed by atoms with Gasteiger partial charge in [-0.25, -0.2) is 8.42 Å². The van der Waals surface area contributed by atoms with Gasteiger partial charge in [-0.3, -0.25) is 9.89 Å². The normalized spacial score (nSPS) is 22.9. The minimum atomic E-state index is -4.56. The molecule has 1 aromatic heterocycles. The lowest BCUT2D eigenvalue weighted by Gasteiger charge is -2.44. The minimum Gasteiger partial charge on any atom is -0.290 e. The van der Waals surface area contributed by atoms with Crippen molar-refractivity contribution >= 4 is 15.8 Å². The van der Waals surface area contributed by atoms with Gasteiger partial charge >= 0.3 is 6.18 Å². The number of nitrogens with one attached hydrogen (secondary N) is 1. The summed E-state index contributed by atoms with van der Waals surface area (Å²) in [5.74, 6) is -0.389. The minimum absolute atomic E-state index is 0.0351. The summed E-state index contributed by atoms with van der Waals surface area (Å²) in [6.07, 6.45) is -1.50. The first-order valence-electron chi connectivity index (χ1n) is 8.75. The van der Waals surface area contributed by atoms with Gasteiger partial charge in [0.25, 0.3) is 0 Å². The van der Waals surface area contributed by atoms with Crippen molar-refractivity contribution in [3.05, 3.63) is 47.3 Å². The first kappa shape index (κ1) is 19.1. The Morgan fingerprint density at radius 2 is 1.79 bits per heavy atom. The summed E-state index contributed by atoms with van der Waals surface area (Å²) in [7, 11) is -4.24. The van der Waals surface area contributed by atoms with Crippen molar-refractivity contribution in [3.8, 4) is 0 Å². The first-order chi connectivity index (χ1) is 13.0. The number of H-pyrrole nitrogens is 1. The van der Waals surface area contributed by atoms with Crippen LogP contribution >= 0.6 is 0 Å². The van der Waals surface area contributed by atoms with Gasteiger partial charge in [0, 0.05) is 5.56 Å². The molecule has 1 fully saturated rings. The van der Waals surface area contributed by atoms with E-state index < -0.39 is 39.1 Å². The first-order valence-corrected chi connectivity index (χ1v) is 10.2. The number of aromatic nitrogens is 2. The molecule has 1 N–H and O–H groups in total. The quantitative estimate of drug-likeness (QED) is 0.834. The van der Waals surface area contributed by atoms with Crippen LogP contribution in [-0.2, 0) is 16.2 Å². The number of alkyl halides is 3. The summed E-state index contributed by atoms with van der Waals surface area (Å²) in [6.45, 7) is 3.02. The highest BCUT2D eigenvalue weighted by Gasteiger charge is 2.56. The molecule has 2 heterocycles. The smallest absolute Gasteiger partial charge is 0.290 e. The van der Waals surface area contributed by atoms with Crippen LogP contribution in [0.5, 0.6) is 0 Å². The second-order valence-electron chi connectivity index (χ2n) is 7.69. The van der Waals surface area contributed by atoms with Crippen molar-refractivity contribution in [1.82, 2.24) is 14.5 Å². The van der Waals surface area contributed by atoms with Gasteiger partial charge in [0.15, 0.2) is 0 Å². The molecule has 150 valence electrons. The number of benzene rings is 1. The third-order valence-electron chi connectivity index (χ3n) is 5.38. The van der Waals surface area contributed by atoms with E-state index in [1.165, 1.54) is 20.0 Å². The molecule has 10 heteroatoms. The third kappa shape index (κ3) is 2.77. The molecule has 0 amide bonds. The van der Waals surface area contributed by atoms with Crippen LogP contribution in [0.4, 0.5) is 13.2 Å². The fraction of sp³-hybridized carbons (Fsp3) is 0.444. The number of nitrogens with zero attached hydrogens (tertiary/aromatic N) is 2. The molecule has 0 bridgehead atoms. The fourth-order valence-electron chi connectivity index (χ4n) is 3.82. The van der Waals surface area contributed by atoms with Crippen molar-refractivity contribution in [2.45, 2.75) is 49.3 Å². The van der Waals surface area contributed by atoms with Crippen molar-refractivity contribution in [2.75, 3.05) is 0 Å². The number of hydrogen-bond donors (Lipinski definition) is 1. The predicted octanol–water partition coefficient (Wildman–Crippen LogP) is 3.55. The largest absolute Gasteiger partial charge is 0.416 e. The second-order valence-corrected chi connectivity index (χ2v) is 9.51. The molecule has 28 heavy (non-hydrogen) atoms. The Hall–Kier alpha value is -2.20. The zero-order chi connectivity index (χ0) is 20.5. The van der Waals surface area contributed by atoms with E-state index in [4.69, 9.17) is 0 Å². The lowest BCUT2D eigenvalue weighted by Crippen LogP contribution is -2.57.